The standard InChI is InChI=1S/C16H20BrNO2/c17-11-16(7-3-4-8-16)18-15(19)13-9-12-5-1-2-6-14(12)20-10-13/h1-2,5-6,13H,3-4,7-11H2,(H,18,19). The molecule has 4 heteroatoms. The van der Waals surface area contributed by atoms with Gasteiger partial charge < -0.3 is 10.1 Å². The highest BCUT2D eigenvalue weighted by molar-refractivity contribution is 9.09. The molecule has 1 fully saturated rings. The number of benzene rings is 1. The third kappa shape index (κ3) is 2.71. The number of carbonyl (C=O) groups is 1. The molecule has 0 spiro atoms. The number of para-hydroxylation sites is 1. The van der Waals surface area contributed by atoms with Crippen molar-refractivity contribution < 1.29 is 9.53 Å². The topological polar surface area (TPSA) is 38.3 Å². The molecule has 1 saturated carbocycles. The molecule has 1 aromatic carbocycles. The third-order valence-electron chi connectivity index (χ3n) is 4.45. The fourth-order valence-corrected chi connectivity index (χ4v) is 3.90. The van der Waals surface area contributed by atoms with Gasteiger partial charge in [0.25, 0.3) is 0 Å². The second-order valence-corrected chi connectivity index (χ2v) is 6.49. The number of rotatable bonds is 3. The first-order valence-electron chi connectivity index (χ1n) is 7.31. The van der Waals surface area contributed by atoms with Gasteiger partial charge in [-0.05, 0) is 30.9 Å². The summed E-state index contributed by atoms with van der Waals surface area (Å²) in [7, 11) is 0. The summed E-state index contributed by atoms with van der Waals surface area (Å²) in [5, 5.41) is 4.12. The Hall–Kier alpha value is -1.03. The molecule has 0 bridgehead atoms. The molecule has 3 nitrogen and oxygen atoms in total. The molecule has 1 amide bonds. The van der Waals surface area contributed by atoms with E-state index >= 15 is 0 Å². The number of ether oxygens (including phenoxy) is 1. The van der Waals surface area contributed by atoms with Gasteiger partial charge in [0.1, 0.15) is 12.4 Å². The molecule has 108 valence electrons. The quantitative estimate of drug-likeness (QED) is 0.861. The maximum absolute atomic E-state index is 12.5. The minimum atomic E-state index is -0.0681. The van der Waals surface area contributed by atoms with Gasteiger partial charge >= 0.3 is 0 Å². The minimum absolute atomic E-state index is 0.0337. The zero-order chi connectivity index (χ0) is 14.0. The summed E-state index contributed by atoms with van der Waals surface area (Å²) in [5.74, 6) is 0.995. The summed E-state index contributed by atoms with van der Waals surface area (Å²) < 4.78 is 5.72. The second-order valence-electron chi connectivity index (χ2n) is 5.93. The van der Waals surface area contributed by atoms with Crippen molar-refractivity contribution in [2.45, 2.75) is 37.6 Å². The van der Waals surface area contributed by atoms with Gasteiger partial charge in [-0.25, -0.2) is 0 Å². The Kier molecular flexibility index (Phi) is 4.01. The van der Waals surface area contributed by atoms with E-state index in [1.807, 2.05) is 24.3 Å². The van der Waals surface area contributed by atoms with E-state index < -0.39 is 0 Å². The van der Waals surface area contributed by atoms with Crippen LogP contribution in [0.3, 0.4) is 0 Å². The van der Waals surface area contributed by atoms with E-state index in [1.165, 1.54) is 12.8 Å². The van der Waals surface area contributed by atoms with Gasteiger partial charge in [-0.2, -0.15) is 0 Å². The number of carbonyl (C=O) groups excluding carboxylic acids is 1. The average Bonchev–Trinajstić information content (AvgIpc) is 2.96. The summed E-state index contributed by atoms with van der Waals surface area (Å²) in [6, 6.07) is 7.99. The first-order chi connectivity index (χ1) is 9.72. The van der Waals surface area contributed by atoms with Crippen molar-refractivity contribution in [3.05, 3.63) is 29.8 Å². The largest absolute Gasteiger partial charge is 0.492 e. The van der Waals surface area contributed by atoms with Crippen molar-refractivity contribution in [2.75, 3.05) is 11.9 Å². The highest BCUT2D eigenvalue weighted by Crippen LogP contribution is 2.32. The number of amides is 1. The Balaban J connectivity index is 1.67. The number of fused-ring (bicyclic) bond motifs is 1. The Labute approximate surface area is 128 Å². The van der Waals surface area contributed by atoms with E-state index in [-0.39, 0.29) is 17.4 Å². The highest BCUT2D eigenvalue weighted by atomic mass is 79.9. The lowest BCUT2D eigenvalue weighted by Crippen LogP contribution is -2.51. The van der Waals surface area contributed by atoms with E-state index in [0.29, 0.717) is 6.61 Å². The molecule has 1 atom stereocenters. The summed E-state index contributed by atoms with van der Waals surface area (Å²) in [4.78, 5) is 12.5. The van der Waals surface area contributed by atoms with Crippen LogP contribution in [0.2, 0.25) is 0 Å². The van der Waals surface area contributed by atoms with Crippen LogP contribution >= 0.6 is 15.9 Å². The monoisotopic (exact) mass is 337 g/mol. The van der Waals surface area contributed by atoms with Crippen molar-refractivity contribution in [2.24, 2.45) is 5.92 Å². The fraction of sp³-hybridized carbons (Fsp3) is 0.562. The zero-order valence-corrected chi connectivity index (χ0v) is 13.1. The molecule has 0 aromatic heterocycles. The van der Waals surface area contributed by atoms with Crippen LogP contribution in [0.4, 0.5) is 0 Å². The third-order valence-corrected chi connectivity index (χ3v) is 5.53. The van der Waals surface area contributed by atoms with Gasteiger partial charge in [-0.15, -0.1) is 0 Å². The summed E-state index contributed by atoms with van der Waals surface area (Å²) >= 11 is 3.57. The maximum Gasteiger partial charge on any atom is 0.227 e. The normalized spacial score (nSPS) is 23.8. The Morgan fingerprint density at radius 3 is 2.85 bits per heavy atom. The predicted octanol–water partition coefficient (Wildman–Crippen LogP) is 3.06. The van der Waals surface area contributed by atoms with Gasteiger partial charge in [0.2, 0.25) is 5.91 Å². The van der Waals surface area contributed by atoms with E-state index in [9.17, 15) is 4.79 Å². The van der Waals surface area contributed by atoms with Crippen LogP contribution in [0.1, 0.15) is 31.2 Å². The lowest BCUT2D eigenvalue weighted by Gasteiger charge is -2.32. The molecular weight excluding hydrogens is 318 g/mol. The zero-order valence-electron chi connectivity index (χ0n) is 11.5. The van der Waals surface area contributed by atoms with Crippen LogP contribution in [0.25, 0.3) is 0 Å². The first kappa shape index (κ1) is 13.9. The minimum Gasteiger partial charge on any atom is -0.492 e. The maximum atomic E-state index is 12.5. The Morgan fingerprint density at radius 1 is 1.35 bits per heavy atom. The molecule has 1 aliphatic carbocycles. The molecule has 0 saturated heterocycles. The van der Waals surface area contributed by atoms with E-state index in [4.69, 9.17) is 4.74 Å². The predicted molar refractivity (Wildman–Crippen MR) is 82.3 cm³/mol. The van der Waals surface area contributed by atoms with E-state index in [1.54, 1.807) is 0 Å². The van der Waals surface area contributed by atoms with Gasteiger partial charge in [0.05, 0.1) is 5.92 Å². The number of nitrogens with one attached hydrogen (secondary N) is 1. The van der Waals surface area contributed by atoms with Crippen LogP contribution in [-0.2, 0) is 11.2 Å². The summed E-state index contributed by atoms with van der Waals surface area (Å²) in [6.45, 7) is 0.487. The SMILES string of the molecule is O=C(NC1(CBr)CCCC1)C1COc2ccccc2C1. The first-order valence-corrected chi connectivity index (χ1v) is 8.43. The summed E-state index contributed by atoms with van der Waals surface area (Å²) in [5.41, 5.74) is 1.10. The smallest absolute Gasteiger partial charge is 0.227 e. The molecule has 1 aromatic rings. The van der Waals surface area contributed by atoms with Crippen molar-refractivity contribution in [3.8, 4) is 5.75 Å². The molecule has 1 unspecified atom stereocenters. The molecular formula is C16H20BrNO2. The lowest BCUT2D eigenvalue weighted by molar-refractivity contribution is -0.128. The van der Waals surface area contributed by atoms with Gasteiger partial charge in [-0.3, -0.25) is 4.79 Å². The van der Waals surface area contributed by atoms with Crippen molar-refractivity contribution in [1.82, 2.24) is 5.32 Å². The second kappa shape index (κ2) is 5.76. The molecule has 3 rings (SSSR count). The van der Waals surface area contributed by atoms with Crippen LogP contribution in [0.5, 0.6) is 5.75 Å². The highest BCUT2D eigenvalue weighted by Gasteiger charge is 2.36. The van der Waals surface area contributed by atoms with Gasteiger partial charge in [0, 0.05) is 10.9 Å². The molecule has 0 radical (unpaired) electrons. The number of hydrogen-bond donors (Lipinski definition) is 1. The number of halogens is 1. The van der Waals surface area contributed by atoms with Gasteiger partial charge in [0.15, 0.2) is 0 Å². The Bertz CT molecular complexity index is 497. The van der Waals surface area contributed by atoms with Crippen LogP contribution in [-0.4, -0.2) is 23.4 Å². The molecule has 1 heterocycles. The molecule has 2 aliphatic rings. The Morgan fingerprint density at radius 2 is 2.10 bits per heavy atom. The summed E-state index contributed by atoms with van der Waals surface area (Å²) in [6.07, 6.45) is 5.34. The number of alkyl halides is 1. The van der Waals surface area contributed by atoms with Crippen molar-refractivity contribution in [3.63, 3.8) is 0 Å². The molecule has 1 aliphatic heterocycles. The average molecular weight is 338 g/mol. The van der Waals surface area contributed by atoms with Crippen LogP contribution < -0.4 is 10.1 Å². The lowest BCUT2D eigenvalue weighted by atomic mass is 9.93. The van der Waals surface area contributed by atoms with E-state index in [0.717, 1.165) is 35.9 Å². The van der Waals surface area contributed by atoms with Crippen LogP contribution in [0, 0.1) is 5.92 Å². The molecule has 20 heavy (non-hydrogen) atoms. The van der Waals surface area contributed by atoms with Crippen molar-refractivity contribution >= 4 is 21.8 Å². The number of hydrogen-bond acceptors (Lipinski definition) is 2. The van der Waals surface area contributed by atoms with Crippen molar-refractivity contribution in [1.29, 1.82) is 0 Å². The fourth-order valence-electron chi connectivity index (χ4n) is 3.20. The van der Waals surface area contributed by atoms with Gasteiger partial charge in [-0.1, -0.05) is 47.0 Å². The molecule has 1 N–H and O–H groups in total. The van der Waals surface area contributed by atoms with E-state index in [2.05, 4.69) is 21.2 Å². The van der Waals surface area contributed by atoms with Crippen LogP contribution in [0.15, 0.2) is 24.3 Å².